The molecule has 1 heterocycles. The van der Waals surface area contributed by atoms with Gasteiger partial charge < -0.3 is 9.30 Å². The monoisotopic (exact) mass is 338 g/mol. The van der Waals surface area contributed by atoms with Crippen LogP contribution < -0.4 is 4.74 Å². The van der Waals surface area contributed by atoms with Crippen LogP contribution in [0, 0.1) is 11.3 Å². The number of fused-ring (bicyclic) bond motifs is 1. The van der Waals surface area contributed by atoms with Crippen LogP contribution in [0.3, 0.4) is 0 Å². The number of nitriles is 1. The van der Waals surface area contributed by atoms with Crippen LogP contribution in [0.25, 0.3) is 10.9 Å². The third-order valence-electron chi connectivity index (χ3n) is 4.45. The predicted octanol–water partition coefficient (Wildman–Crippen LogP) is 5.14. The molecule has 1 aromatic heterocycles. The third kappa shape index (κ3) is 3.31. The zero-order valence-electron chi connectivity index (χ0n) is 14.3. The molecule has 0 amide bonds. The summed E-state index contributed by atoms with van der Waals surface area (Å²) in [7, 11) is 0. The highest BCUT2D eigenvalue weighted by Gasteiger charge is 2.07. The fourth-order valence-electron chi connectivity index (χ4n) is 3.08. The zero-order valence-corrected chi connectivity index (χ0v) is 14.3. The lowest BCUT2D eigenvalue weighted by Gasteiger charge is -2.09. The zero-order chi connectivity index (χ0) is 17.8. The van der Waals surface area contributed by atoms with Crippen molar-refractivity contribution in [2.45, 2.75) is 13.2 Å². The van der Waals surface area contributed by atoms with E-state index in [4.69, 9.17) is 10.00 Å². The number of nitrogens with zero attached hydrogens (tertiary/aromatic N) is 2. The minimum atomic E-state index is 0.556. The molecule has 3 heteroatoms. The summed E-state index contributed by atoms with van der Waals surface area (Å²) in [6, 6.07) is 28.3. The Morgan fingerprint density at radius 1 is 0.808 bits per heavy atom. The quantitative estimate of drug-likeness (QED) is 0.505. The molecule has 0 aliphatic carbocycles. The van der Waals surface area contributed by atoms with Gasteiger partial charge in [-0.05, 0) is 41.5 Å². The number of hydrogen-bond acceptors (Lipinski definition) is 2. The molecule has 3 nitrogen and oxygen atoms in total. The standard InChI is InChI=1S/C23H18N2O/c24-15-18-9-11-19(12-10-18)16-25-14-13-21-22(25)7-4-8-23(21)26-17-20-5-2-1-3-6-20/h1-14H,16-17H2. The van der Waals surface area contributed by atoms with E-state index in [-0.39, 0.29) is 0 Å². The van der Waals surface area contributed by atoms with Crippen molar-refractivity contribution in [1.82, 2.24) is 4.57 Å². The second kappa shape index (κ2) is 7.16. The number of hydrogen-bond donors (Lipinski definition) is 0. The Morgan fingerprint density at radius 2 is 1.62 bits per heavy atom. The van der Waals surface area contributed by atoms with Gasteiger partial charge in [0, 0.05) is 18.1 Å². The first kappa shape index (κ1) is 16.0. The summed E-state index contributed by atoms with van der Waals surface area (Å²) in [6.07, 6.45) is 2.08. The summed E-state index contributed by atoms with van der Waals surface area (Å²) < 4.78 is 8.25. The van der Waals surface area contributed by atoms with Crippen LogP contribution in [0.15, 0.2) is 85.1 Å². The molecule has 0 spiro atoms. The van der Waals surface area contributed by atoms with E-state index >= 15 is 0 Å². The Morgan fingerprint density at radius 3 is 2.38 bits per heavy atom. The SMILES string of the molecule is N#Cc1ccc(Cn2ccc3c(OCc4ccccc4)cccc32)cc1. The normalized spacial score (nSPS) is 10.6. The van der Waals surface area contributed by atoms with Crippen molar-refractivity contribution < 1.29 is 4.74 Å². The molecule has 0 aliphatic rings. The van der Waals surface area contributed by atoms with Crippen molar-refractivity contribution in [3.8, 4) is 11.8 Å². The lowest BCUT2D eigenvalue weighted by molar-refractivity contribution is 0.310. The molecular formula is C23H18N2O. The van der Waals surface area contributed by atoms with Crippen molar-refractivity contribution in [3.63, 3.8) is 0 Å². The maximum absolute atomic E-state index is 8.92. The molecule has 0 aliphatic heterocycles. The van der Waals surface area contributed by atoms with Gasteiger partial charge in [-0.3, -0.25) is 0 Å². The van der Waals surface area contributed by atoms with Crippen molar-refractivity contribution in [2.75, 3.05) is 0 Å². The maximum atomic E-state index is 8.92. The Kier molecular flexibility index (Phi) is 4.40. The van der Waals surface area contributed by atoms with Crippen LogP contribution >= 0.6 is 0 Å². The molecule has 0 bridgehead atoms. The van der Waals surface area contributed by atoms with Crippen molar-refractivity contribution >= 4 is 10.9 Å². The number of ether oxygens (including phenoxy) is 1. The van der Waals surface area contributed by atoms with Gasteiger partial charge in [0.2, 0.25) is 0 Å². The van der Waals surface area contributed by atoms with E-state index in [1.165, 1.54) is 0 Å². The lowest BCUT2D eigenvalue weighted by Crippen LogP contribution is -1.98. The van der Waals surface area contributed by atoms with Gasteiger partial charge in [-0.15, -0.1) is 0 Å². The van der Waals surface area contributed by atoms with E-state index in [1.807, 2.05) is 54.6 Å². The summed E-state index contributed by atoms with van der Waals surface area (Å²) in [5, 5.41) is 10.0. The molecule has 126 valence electrons. The Hall–Kier alpha value is -3.51. The smallest absolute Gasteiger partial charge is 0.129 e. The molecule has 0 unspecified atom stereocenters. The van der Waals surface area contributed by atoms with E-state index in [9.17, 15) is 0 Å². The summed E-state index contributed by atoms with van der Waals surface area (Å²) in [4.78, 5) is 0. The molecule has 0 N–H and O–H groups in total. The van der Waals surface area contributed by atoms with Gasteiger partial charge in [-0.1, -0.05) is 48.5 Å². The molecule has 3 aromatic carbocycles. The van der Waals surface area contributed by atoms with Gasteiger partial charge in [0.1, 0.15) is 12.4 Å². The van der Waals surface area contributed by atoms with Crippen LogP contribution in [0.5, 0.6) is 5.75 Å². The summed E-state index contributed by atoms with van der Waals surface area (Å²) >= 11 is 0. The van der Waals surface area contributed by atoms with Crippen LogP contribution in [-0.2, 0) is 13.2 Å². The first-order valence-electron chi connectivity index (χ1n) is 8.57. The van der Waals surface area contributed by atoms with Gasteiger partial charge in [0.05, 0.1) is 17.1 Å². The van der Waals surface area contributed by atoms with E-state index in [1.54, 1.807) is 0 Å². The van der Waals surface area contributed by atoms with Crippen LogP contribution in [0.4, 0.5) is 0 Å². The summed E-state index contributed by atoms with van der Waals surface area (Å²) in [5.41, 5.74) is 4.14. The fraction of sp³-hybridized carbons (Fsp3) is 0.0870. The number of aromatic nitrogens is 1. The van der Waals surface area contributed by atoms with Crippen molar-refractivity contribution in [2.24, 2.45) is 0 Å². The van der Waals surface area contributed by atoms with Crippen molar-refractivity contribution in [3.05, 3.63) is 102 Å². The minimum absolute atomic E-state index is 0.556. The molecule has 26 heavy (non-hydrogen) atoms. The highest BCUT2D eigenvalue weighted by atomic mass is 16.5. The maximum Gasteiger partial charge on any atom is 0.129 e. The average Bonchev–Trinajstić information content (AvgIpc) is 3.11. The summed E-state index contributed by atoms with van der Waals surface area (Å²) in [5.74, 6) is 0.893. The average molecular weight is 338 g/mol. The molecular weight excluding hydrogens is 320 g/mol. The molecule has 0 atom stereocenters. The highest BCUT2D eigenvalue weighted by molar-refractivity contribution is 5.86. The highest BCUT2D eigenvalue weighted by Crippen LogP contribution is 2.28. The molecule has 4 aromatic rings. The van der Waals surface area contributed by atoms with Crippen molar-refractivity contribution in [1.29, 1.82) is 5.26 Å². The van der Waals surface area contributed by atoms with Gasteiger partial charge in [-0.25, -0.2) is 0 Å². The molecule has 4 rings (SSSR count). The molecule has 0 radical (unpaired) electrons. The number of benzene rings is 3. The lowest BCUT2D eigenvalue weighted by atomic mass is 10.1. The van der Waals surface area contributed by atoms with Crippen LogP contribution in [0.1, 0.15) is 16.7 Å². The Balaban J connectivity index is 1.57. The second-order valence-corrected chi connectivity index (χ2v) is 6.22. The first-order chi connectivity index (χ1) is 12.8. The summed E-state index contributed by atoms with van der Waals surface area (Å²) in [6.45, 7) is 1.32. The predicted molar refractivity (Wildman–Crippen MR) is 103 cm³/mol. The Labute approximate surface area is 152 Å². The molecule has 0 fully saturated rings. The van der Waals surface area contributed by atoms with E-state index in [0.29, 0.717) is 12.2 Å². The first-order valence-corrected chi connectivity index (χ1v) is 8.57. The number of rotatable bonds is 5. The second-order valence-electron chi connectivity index (χ2n) is 6.22. The third-order valence-corrected chi connectivity index (χ3v) is 4.45. The van der Waals surface area contributed by atoms with Gasteiger partial charge in [-0.2, -0.15) is 5.26 Å². The molecule has 0 saturated carbocycles. The van der Waals surface area contributed by atoms with Crippen LogP contribution in [-0.4, -0.2) is 4.57 Å². The Bertz CT molecular complexity index is 1060. The van der Waals surface area contributed by atoms with E-state index < -0.39 is 0 Å². The molecule has 0 saturated heterocycles. The van der Waals surface area contributed by atoms with Gasteiger partial charge >= 0.3 is 0 Å². The largest absolute Gasteiger partial charge is 0.488 e. The van der Waals surface area contributed by atoms with Gasteiger partial charge in [0.15, 0.2) is 0 Å². The van der Waals surface area contributed by atoms with E-state index in [0.717, 1.165) is 34.3 Å². The fourth-order valence-corrected chi connectivity index (χ4v) is 3.08. The minimum Gasteiger partial charge on any atom is -0.488 e. The van der Waals surface area contributed by atoms with E-state index in [2.05, 4.69) is 41.1 Å². The topological polar surface area (TPSA) is 38.0 Å². The van der Waals surface area contributed by atoms with Gasteiger partial charge in [0.25, 0.3) is 0 Å². The van der Waals surface area contributed by atoms with Crippen LogP contribution in [0.2, 0.25) is 0 Å².